The minimum absolute atomic E-state index is 0.0738. The number of anilines is 2. The Bertz CT molecular complexity index is 1520. The van der Waals surface area contributed by atoms with Crippen LogP contribution in [0.3, 0.4) is 0 Å². The van der Waals surface area contributed by atoms with Gasteiger partial charge in [-0.3, -0.25) is 4.79 Å². The van der Waals surface area contributed by atoms with E-state index in [1.165, 1.54) is 25.1 Å². The molecule has 2 aliphatic rings. The van der Waals surface area contributed by atoms with Crippen LogP contribution in [-0.2, 0) is 20.0 Å². The van der Waals surface area contributed by atoms with E-state index in [2.05, 4.69) is 20.4 Å². The lowest BCUT2D eigenvalue weighted by molar-refractivity contribution is -0.122. The van der Waals surface area contributed by atoms with Crippen molar-refractivity contribution in [2.24, 2.45) is 0 Å². The second-order valence-electron chi connectivity index (χ2n) is 9.90. The van der Waals surface area contributed by atoms with Crippen molar-refractivity contribution in [2.45, 2.75) is 55.1 Å². The van der Waals surface area contributed by atoms with Crippen molar-refractivity contribution >= 4 is 50.3 Å². The molecule has 2 aromatic heterocycles. The average Bonchev–Trinajstić information content (AvgIpc) is 3.82. The van der Waals surface area contributed by atoms with Gasteiger partial charge in [0.15, 0.2) is 20.7 Å². The summed E-state index contributed by atoms with van der Waals surface area (Å²) in [5.41, 5.74) is 0.126. The Morgan fingerprint density at radius 2 is 1.88 bits per heavy atom. The second-order valence-corrected chi connectivity index (χ2v) is 12.9. The van der Waals surface area contributed by atoms with Gasteiger partial charge in [-0.05, 0) is 49.9 Å². The van der Waals surface area contributed by atoms with Crippen LogP contribution in [0.4, 0.5) is 24.5 Å². The minimum Gasteiger partial charge on any atom is -0.352 e. The van der Waals surface area contributed by atoms with Crippen molar-refractivity contribution < 1.29 is 30.9 Å². The van der Waals surface area contributed by atoms with Gasteiger partial charge in [-0.15, -0.1) is 0 Å². The van der Waals surface area contributed by atoms with Crippen molar-refractivity contribution in [2.75, 3.05) is 29.1 Å². The predicted molar refractivity (Wildman–Crippen MR) is 142 cm³/mol. The molecule has 0 radical (unpaired) electrons. The van der Waals surface area contributed by atoms with E-state index in [-0.39, 0.29) is 38.1 Å². The molecule has 1 aromatic carbocycles. The highest BCUT2D eigenvalue weighted by molar-refractivity contribution is 7.91. The van der Waals surface area contributed by atoms with Gasteiger partial charge in [0, 0.05) is 27.2 Å². The topological polar surface area (TPSA) is 118 Å². The van der Waals surface area contributed by atoms with Gasteiger partial charge in [0.1, 0.15) is 6.54 Å². The van der Waals surface area contributed by atoms with Gasteiger partial charge in [0.2, 0.25) is 11.8 Å². The molecule has 0 bridgehead atoms. The van der Waals surface area contributed by atoms with Crippen LogP contribution in [0.15, 0.2) is 40.0 Å². The molecule has 214 valence electrons. The smallest absolute Gasteiger partial charge is 0.352 e. The maximum Gasteiger partial charge on any atom is 0.405 e. The maximum absolute atomic E-state index is 13.3. The highest BCUT2D eigenvalue weighted by atomic mass is 35.5. The summed E-state index contributed by atoms with van der Waals surface area (Å²) < 4.78 is 69.3. The summed E-state index contributed by atoms with van der Waals surface area (Å²) in [6.07, 6.45) is -0.218. The Labute approximate surface area is 238 Å². The largest absolute Gasteiger partial charge is 0.405 e. The molecule has 15 heteroatoms. The summed E-state index contributed by atoms with van der Waals surface area (Å²) in [6.45, 7) is -0.732. The van der Waals surface area contributed by atoms with Crippen molar-refractivity contribution in [3.05, 3.63) is 57.8 Å². The number of carbonyl (C=O) groups excluding carboxylic acids is 1. The number of alkyl halides is 3. The van der Waals surface area contributed by atoms with Crippen LogP contribution >= 0.6 is 23.2 Å². The summed E-state index contributed by atoms with van der Waals surface area (Å²) in [4.78, 5) is 21.9. The van der Waals surface area contributed by atoms with Gasteiger partial charge in [-0.1, -0.05) is 35.3 Å². The monoisotopic (exact) mass is 617 g/mol. The molecule has 1 amide bonds. The Hall–Kier alpha value is -2.90. The fourth-order valence-corrected chi connectivity index (χ4v) is 6.09. The molecule has 9 nitrogen and oxygen atoms in total. The molecule has 0 unspecified atom stereocenters. The number of hydrogen-bond donors (Lipinski definition) is 1. The number of nitrogens with one attached hydrogen (secondary N) is 1. The van der Waals surface area contributed by atoms with E-state index in [0.29, 0.717) is 30.1 Å². The summed E-state index contributed by atoms with van der Waals surface area (Å²) in [5.74, 6) is 0.399. The molecule has 0 atom stereocenters. The van der Waals surface area contributed by atoms with Gasteiger partial charge in [-0.25, -0.2) is 13.4 Å². The molecular weight excluding hydrogens is 594 g/mol. The van der Waals surface area contributed by atoms with Gasteiger partial charge >= 0.3 is 6.18 Å². The quantitative estimate of drug-likeness (QED) is 0.315. The lowest BCUT2D eigenvalue weighted by atomic mass is 9.94. The van der Waals surface area contributed by atoms with Crippen LogP contribution in [0.2, 0.25) is 10.0 Å². The van der Waals surface area contributed by atoms with Crippen LogP contribution < -0.4 is 10.2 Å². The van der Waals surface area contributed by atoms with Gasteiger partial charge in [0.05, 0.1) is 29.6 Å². The molecule has 2 fully saturated rings. The van der Waals surface area contributed by atoms with E-state index < -0.39 is 40.4 Å². The molecule has 0 aliphatic heterocycles. The van der Waals surface area contributed by atoms with Crippen molar-refractivity contribution in [1.29, 1.82) is 0 Å². The third-order valence-electron chi connectivity index (χ3n) is 6.84. The molecule has 1 N–H and O–H groups in total. The first-order valence-corrected chi connectivity index (χ1v) is 14.9. The molecule has 0 spiro atoms. The normalized spacial score (nSPS) is 16.6. The molecule has 3 aromatic rings. The first kappa shape index (κ1) is 28.6. The number of benzene rings is 1. The second kappa shape index (κ2) is 10.5. The first-order valence-electron chi connectivity index (χ1n) is 12.5. The number of sulfone groups is 1. The number of aromatic nitrogens is 3. The highest BCUT2D eigenvalue weighted by Gasteiger charge is 2.53. The average molecular weight is 618 g/mol. The Morgan fingerprint density at radius 3 is 2.40 bits per heavy atom. The van der Waals surface area contributed by atoms with Crippen LogP contribution in [0.5, 0.6) is 0 Å². The zero-order valence-corrected chi connectivity index (χ0v) is 23.5. The van der Waals surface area contributed by atoms with Crippen LogP contribution in [0.25, 0.3) is 0 Å². The fourth-order valence-electron chi connectivity index (χ4n) is 4.46. The maximum atomic E-state index is 13.3. The molecule has 5 rings (SSSR count). The van der Waals surface area contributed by atoms with E-state index in [0.717, 1.165) is 30.0 Å². The first-order chi connectivity index (χ1) is 18.8. The molecule has 2 heterocycles. The Morgan fingerprint density at radius 1 is 1.20 bits per heavy atom. The number of amides is 1. The molecular formula is C25H24Cl2F3N5O4S. The van der Waals surface area contributed by atoms with Crippen LogP contribution in [-0.4, -0.2) is 54.5 Å². The van der Waals surface area contributed by atoms with Crippen molar-refractivity contribution in [3.63, 3.8) is 0 Å². The van der Waals surface area contributed by atoms with Crippen LogP contribution in [0, 0.1) is 0 Å². The van der Waals surface area contributed by atoms with E-state index in [9.17, 15) is 26.4 Å². The van der Waals surface area contributed by atoms with Crippen LogP contribution in [0.1, 0.15) is 55.8 Å². The number of rotatable bonds is 10. The number of halogens is 5. The number of hydrogen-bond acceptors (Lipinski definition) is 8. The Kier molecular flexibility index (Phi) is 7.51. The molecule has 2 aliphatic carbocycles. The van der Waals surface area contributed by atoms with Crippen molar-refractivity contribution in [1.82, 2.24) is 15.1 Å². The zero-order valence-electron chi connectivity index (χ0n) is 21.1. The summed E-state index contributed by atoms with van der Waals surface area (Å²) in [5, 5.41) is 6.92. The molecule has 2 saturated carbocycles. The van der Waals surface area contributed by atoms with E-state index in [1.54, 1.807) is 0 Å². The lowest BCUT2D eigenvalue weighted by Gasteiger charge is -2.25. The SMILES string of the molecule is CCS(=O)(=O)c1ccc(N(CC(=O)Nc2cc(Cl)c(C3(c4noc(C5CC5)n4)CC3)c(Cl)c2)CC(F)(F)F)cn1. The minimum atomic E-state index is -4.64. The fraction of sp³-hybridized carbons (Fsp3) is 0.440. The summed E-state index contributed by atoms with van der Waals surface area (Å²) in [7, 11) is -3.64. The zero-order chi connectivity index (χ0) is 28.9. The number of pyridine rings is 1. The highest BCUT2D eigenvalue weighted by Crippen LogP contribution is 2.57. The lowest BCUT2D eigenvalue weighted by Crippen LogP contribution is -2.40. The van der Waals surface area contributed by atoms with E-state index in [1.807, 2.05) is 0 Å². The van der Waals surface area contributed by atoms with Gasteiger partial charge in [0.25, 0.3) is 0 Å². The van der Waals surface area contributed by atoms with E-state index >= 15 is 0 Å². The van der Waals surface area contributed by atoms with Crippen molar-refractivity contribution in [3.8, 4) is 0 Å². The number of nitrogens with zero attached hydrogens (tertiary/aromatic N) is 4. The predicted octanol–water partition coefficient (Wildman–Crippen LogP) is 5.53. The third kappa shape index (κ3) is 6.06. The van der Waals surface area contributed by atoms with E-state index in [4.69, 9.17) is 27.7 Å². The standard InChI is InChI=1S/C25H24Cl2F3N5O4S/c1-2-40(37,38)20-6-5-16(11-31-20)35(13-25(28,29)30)12-19(36)32-15-9-17(26)21(18(27)10-15)24(7-8-24)23-33-22(39-34-23)14-3-4-14/h5-6,9-11,14H,2-4,7-8,12-13H2,1H3,(H,32,36). The molecule has 0 saturated heterocycles. The van der Waals surface area contributed by atoms with Gasteiger partial charge < -0.3 is 14.7 Å². The number of carbonyl (C=O) groups is 1. The summed E-state index contributed by atoms with van der Waals surface area (Å²) in [6, 6.07) is 5.24. The Balaban J connectivity index is 1.33. The van der Waals surface area contributed by atoms with Gasteiger partial charge in [-0.2, -0.15) is 18.2 Å². The summed E-state index contributed by atoms with van der Waals surface area (Å²) >= 11 is 13.2. The third-order valence-corrected chi connectivity index (χ3v) is 9.07. The molecule has 40 heavy (non-hydrogen) atoms.